The van der Waals surface area contributed by atoms with Gasteiger partial charge in [0.2, 0.25) is 5.60 Å². The molecule has 96 valence electrons. The maximum atomic E-state index is 11.4. The molecule has 18 heavy (non-hydrogen) atoms. The standard InChI is InChI=1S/C12H12O6/c1-2-7-3-4-8-5-9(7)12(8,11(15)16)18-17-6-10(13)14/h3-5H,2,6H2,1H3,(H,13,14)(H,15,16). The van der Waals surface area contributed by atoms with E-state index >= 15 is 0 Å². The molecule has 1 atom stereocenters. The van der Waals surface area contributed by atoms with Crippen LogP contribution in [0, 0.1) is 0 Å². The maximum Gasteiger partial charge on any atom is 0.348 e. The lowest BCUT2D eigenvalue weighted by Crippen LogP contribution is -2.46. The van der Waals surface area contributed by atoms with E-state index in [4.69, 9.17) is 9.99 Å². The smallest absolute Gasteiger partial charge is 0.348 e. The summed E-state index contributed by atoms with van der Waals surface area (Å²) >= 11 is 0. The lowest BCUT2D eigenvalue weighted by Gasteiger charge is -2.38. The minimum Gasteiger partial charge on any atom is -0.479 e. The third-order valence-electron chi connectivity index (χ3n) is 2.94. The Hall–Kier alpha value is -1.92. The summed E-state index contributed by atoms with van der Waals surface area (Å²) < 4.78 is 0. The highest BCUT2D eigenvalue weighted by molar-refractivity contribution is 5.88. The number of aryl methyl sites for hydroxylation is 1. The third-order valence-corrected chi connectivity index (χ3v) is 2.94. The summed E-state index contributed by atoms with van der Waals surface area (Å²) in [4.78, 5) is 31.1. The Balaban J connectivity index is 2.25. The fraction of sp³-hybridized carbons (Fsp3) is 0.333. The lowest BCUT2D eigenvalue weighted by molar-refractivity contribution is -0.348. The first-order valence-electron chi connectivity index (χ1n) is 5.42. The summed E-state index contributed by atoms with van der Waals surface area (Å²) in [6.45, 7) is 1.19. The monoisotopic (exact) mass is 252 g/mol. The Morgan fingerprint density at radius 2 is 2.06 bits per heavy atom. The number of carboxylic acid groups (broad SMARTS) is 2. The average molecular weight is 252 g/mol. The van der Waals surface area contributed by atoms with E-state index in [0.29, 0.717) is 17.5 Å². The van der Waals surface area contributed by atoms with Gasteiger partial charge >= 0.3 is 11.9 Å². The number of carbonyl (C=O) groups is 2. The SMILES string of the molecule is CCc1ccc2cc1C2(OOCC(=O)O)C(=O)O. The summed E-state index contributed by atoms with van der Waals surface area (Å²) in [6, 6.07) is 5.17. The molecule has 0 radical (unpaired) electrons. The van der Waals surface area contributed by atoms with Crippen molar-refractivity contribution in [1.29, 1.82) is 0 Å². The Morgan fingerprint density at radius 3 is 2.56 bits per heavy atom. The second-order valence-corrected chi connectivity index (χ2v) is 3.95. The van der Waals surface area contributed by atoms with Crippen molar-refractivity contribution in [1.82, 2.24) is 0 Å². The van der Waals surface area contributed by atoms with Gasteiger partial charge in [0.15, 0.2) is 6.61 Å². The molecular weight excluding hydrogens is 240 g/mol. The van der Waals surface area contributed by atoms with Crippen LogP contribution in [0.15, 0.2) is 18.2 Å². The zero-order valence-corrected chi connectivity index (χ0v) is 9.67. The van der Waals surface area contributed by atoms with Crippen molar-refractivity contribution in [2.75, 3.05) is 6.61 Å². The van der Waals surface area contributed by atoms with Gasteiger partial charge in [0.05, 0.1) is 0 Å². The zero-order valence-electron chi connectivity index (χ0n) is 9.67. The quantitative estimate of drug-likeness (QED) is 0.577. The summed E-state index contributed by atoms with van der Waals surface area (Å²) in [5.41, 5.74) is 0.134. The molecule has 0 fully saturated rings. The van der Waals surface area contributed by atoms with Crippen molar-refractivity contribution >= 4 is 11.9 Å². The van der Waals surface area contributed by atoms with Crippen molar-refractivity contribution in [2.24, 2.45) is 0 Å². The van der Waals surface area contributed by atoms with Crippen LogP contribution < -0.4 is 0 Å². The van der Waals surface area contributed by atoms with Crippen LogP contribution >= 0.6 is 0 Å². The minimum absolute atomic E-state index is 0.451. The minimum atomic E-state index is -1.67. The fourth-order valence-corrected chi connectivity index (χ4v) is 2.04. The van der Waals surface area contributed by atoms with E-state index in [1.54, 1.807) is 12.1 Å². The third kappa shape index (κ3) is 1.66. The van der Waals surface area contributed by atoms with Gasteiger partial charge in [0, 0.05) is 11.1 Å². The van der Waals surface area contributed by atoms with Gasteiger partial charge < -0.3 is 10.2 Å². The van der Waals surface area contributed by atoms with Crippen molar-refractivity contribution in [2.45, 2.75) is 18.9 Å². The normalized spacial score (nSPS) is 20.3. The van der Waals surface area contributed by atoms with E-state index in [9.17, 15) is 14.7 Å². The number of benzene rings is 1. The first-order chi connectivity index (χ1) is 8.52. The second kappa shape index (κ2) is 4.40. The van der Waals surface area contributed by atoms with Gasteiger partial charge in [0.25, 0.3) is 0 Å². The molecule has 2 aliphatic rings. The van der Waals surface area contributed by atoms with Gasteiger partial charge in [-0.15, -0.1) is 0 Å². The fourth-order valence-electron chi connectivity index (χ4n) is 2.04. The van der Waals surface area contributed by atoms with Crippen LogP contribution in [0.3, 0.4) is 0 Å². The number of fused-ring (bicyclic) bond motifs is 2. The molecule has 2 aliphatic carbocycles. The van der Waals surface area contributed by atoms with E-state index in [0.717, 1.165) is 5.56 Å². The molecule has 6 heteroatoms. The Bertz CT molecular complexity index is 506. The van der Waals surface area contributed by atoms with Crippen molar-refractivity contribution in [3.8, 4) is 0 Å². The van der Waals surface area contributed by atoms with Crippen LogP contribution in [0.25, 0.3) is 0 Å². The highest BCUT2D eigenvalue weighted by atomic mass is 17.2. The number of carboxylic acids is 2. The van der Waals surface area contributed by atoms with Crippen molar-refractivity contribution in [3.05, 3.63) is 34.9 Å². The topological polar surface area (TPSA) is 93.1 Å². The largest absolute Gasteiger partial charge is 0.479 e. The lowest BCUT2D eigenvalue weighted by atomic mass is 9.73. The summed E-state index contributed by atoms with van der Waals surface area (Å²) in [5, 5.41) is 17.8. The molecule has 0 spiro atoms. The molecule has 2 bridgehead atoms. The van der Waals surface area contributed by atoms with E-state index in [-0.39, 0.29) is 0 Å². The van der Waals surface area contributed by atoms with Crippen molar-refractivity contribution in [3.63, 3.8) is 0 Å². The van der Waals surface area contributed by atoms with Gasteiger partial charge in [0.1, 0.15) is 0 Å². The van der Waals surface area contributed by atoms with Gasteiger partial charge in [-0.2, -0.15) is 0 Å². The molecule has 2 N–H and O–H groups in total. The number of aliphatic carboxylic acids is 2. The Labute approximate surface area is 103 Å². The Kier molecular flexibility index (Phi) is 3.06. The first-order valence-corrected chi connectivity index (χ1v) is 5.42. The van der Waals surface area contributed by atoms with Gasteiger partial charge in [-0.05, 0) is 18.1 Å². The summed E-state index contributed by atoms with van der Waals surface area (Å²) in [5.74, 6) is -2.44. The van der Waals surface area contributed by atoms with Gasteiger partial charge in [-0.1, -0.05) is 19.1 Å². The molecule has 3 rings (SSSR count). The molecule has 1 unspecified atom stereocenters. The van der Waals surface area contributed by atoms with Crippen LogP contribution in [0.4, 0.5) is 0 Å². The molecule has 1 aromatic carbocycles. The van der Waals surface area contributed by atoms with Crippen LogP contribution in [0.2, 0.25) is 0 Å². The van der Waals surface area contributed by atoms with E-state index in [1.807, 2.05) is 13.0 Å². The molecule has 1 aromatic rings. The molecular formula is C12H12O6. The second-order valence-electron chi connectivity index (χ2n) is 3.95. The predicted molar refractivity (Wildman–Crippen MR) is 58.9 cm³/mol. The predicted octanol–water partition coefficient (Wildman–Crippen LogP) is 0.923. The van der Waals surface area contributed by atoms with Crippen molar-refractivity contribution < 1.29 is 29.6 Å². The molecule has 6 nitrogen and oxygen atoms in total. The average Bonchev–Trinajstić information content (AvgIpc) is 2.33. The van der Waals surface area contributed by atoms with Crippen LogP contribution in [0.5, 0.6) is 0 Å². The first kappa shape index (κ1) is 12.5. The molecule has 0 aliphatic heterocycles. The summed E-state index contributed by atoms with van der Waals surface area (Å²) in [7, 11) is 0. The van der Waals surface area contributed by atoms with E-state index in [1.165, 1.54) is 0 Å². The number of rotatable bonds is 6. The molecule has 0 aromatic heterocycles. The highest BCUT2D eigenvalue weighted by Crippen LogP contribution is 2.45. The van der Waals surface area contributed by atoms with Gasteiger partial charge in [-0.3, -0.25) is 0 Å². The number of hydrogen-bond acceptors (Lipinski definition) is 4. The van der Waals surface area contributed by atoms with Gasteiger partial charge in [-0.25, -0.2) is 19.4 Å². The molecule has 0 saturated heterocycles. The molecule has 0 saturated carbocycles. The van der Waals surface area contributed by atoms with Crippen LogP contribution in [-0.4, -0.2) is 28.8 Å². The highest BCUT2D eigenvalue weighted by Gasteiger charge is 2.53. The summed E-state index contributed by atoms with van der Waals surface area (Å²) in [6.07, 6.45) is 0.660. The van der Waals surface area contributed by atoms with Crippen LogP contribution in [0.1, 0.15) is 23.6 Å². The molecule has 0 heterocycles. The maximum absolute atomic E-state index is 11.4. The van der Waals surface area contributed by atoms with E-state index < -0.39 is 24.1 Å². The van der Waals surface area contributed by atoms with E-state index in [2.05, 4.69) is 4.89 Å². The van der Waals surface area contributed by atoms with Crippen LogP contribution in [-0.2, 0) is 31.4 Å². The number of hydrogen-bond donors (Lipinski definition) is 2. The Morgan fingerprint density at radius 1 is 1.33 bits per heavy atom. The zero-order chi connectivity index (χ0) is 13.3. The molecule has 0 amide bonds.